The van der Waals surface area contributed by atoms with E-state index in [1.807, 2.05) is 18.2 Å². The smallest absolute Gasteiger partial charge is 0.119 e. The summed E-state index contributed by atoms with van der Waals surface area (Å²) < 4.78 is 11.4. The van der Waals surface area contributed by atoms with Crippen molar-refractivity contribution < 1.29 is 9.47 Å². The number of ether oxygens (including phenoxy) is 2. The fourth-order valence-electron chi connectivity index (χ4n) is 2.13. The van der Waals surface area contributed by atoms with Crippen molar-refractivity contribution in [3.63, 3.8) is 0 Å². The maximum Gasteiger partial charge on any atom is 0.119 e. The fourth-order valence-corrected chi connectivity index (χ4v) is 2.13. The Hall–Kier alpha value is -1.06. The summed E-state index contributed by atoms with van der Waals surface area (Å²) in [5.74, 6) is 0.884. The van der Waals surface area contributed by atoms with Gasteiger partial charge in [-0.3, -0.25) is 0 Å². The minimum absolute atomic E-state index is 0.0635. The zero-order valence-corrected chi connectivity index (χ0v) is 10.8. The number of methoxy groups -OCH3 is 1. The highest BCUT2D eigenvalue weighted by molar-refractivity contribution is 5.30. The molecule has 1 aromatic rings. The molecule has 0 aromatic heterocycles. The van der Waals surface area contributed by atoms with Crippen LogP contribution >= 0.6 is 0 Å². The van der Waals surface area contributed by atoms with Gasteiger partial charge in [0.1, 0.15) is 5.75 Å². The van der Waals surface area contributed by atoms with E-state index in [9.17, 15) is 0 Å². The van der Waals surface area contributed by atoms with Gasteiger partial charge in [0.05, 0.1) is 18.8 Å². The van der Waals surface area contributed by atoms with Gasteiger partial charge in [-0.1, -0.05) is 19.1 Å². The molecule has 1 aliphatic heterocycles. The summed E-state index contributed by atoms with van der Waals surface area (Å²) in [5.41, 5.74) is 1.11. The fraction of sp³-hybridized carbons (Fsp3) is 0.571. The lowest BCUT2D eigenvalue weighted by molar-refractivity contribution is -0.109. The first kappa shape index (κ1) is 12.4. The number of nitrogens with one attached hydrogen (secondary N) is 1. The van der Waals surface area contributed by atoms with Gasteiger partial charge in [0.15, 0.2) is 0 Å². The predicted molar refractivity (Wildman–Crippen MR) is 68.4 cm³/mol. The number of rotatable bonds is 3. The van der Waals surface area contributed by atoms with Gasteiger partial charge >= 0.3 is 0 Å². The van der Waals surface area contributed by atoms with Crippen molar-refractivity contribution in [1.82, 2.24) is 5.32 Å². The van der Waals surface area contributed by atoms with Crippen LogP contribution in [0.3, 0.4) is 0 Å². The Kier molecular flexibility index (Phi) is 3.69. The quantitative estimate of drug-likeness (QED) is 0.873. The second-order valence-electron chi connectivity index (χ2n) is 4.82. The first-order valence-corrected chi connectivity index (χ1v) is 6.19. The Labute approximate surface area is 103 Å². The van der Waals surface area contributed by atoms with E-state index in [-0.39, 0.29) is 11.7 Å². The van der Waals surface area contributed by atoms with Crippen molar-refractivity contribution in [2.75, 3.05) is 20.2 Å². The van der Waals surface area contributed by atoms with E-state index in [1.165, 1.54) is 5.56 Å². The zero-order chi connectivity index (χ0) is 12.3. The second kappa shape index (κ2) is 5.07. The Morgan fingerprint density at radius 3 is 3.06 bits per heavy atom. The molecule has 1 N–H and O–H groups in total. The van der Waals surface area contributed by atoms with E-state index >= 15 is 0 Å². The SMILES string of the molecule is CCC1(C)CNCC(c2cccc(OC)c2)O1. The lowest BCUT2D eigenvalue weighted by atomic mass is 9.98. The van der Waals surface area contributed by atoms with Crippen LogP contribution in [0, 0.1) is 0 Å². The monoisotopic (exact) mass is 235 g/mol. The average Bonchev–Trinajstić information content (AvgIpc) is 2.39. The minimum atomic E-state index is -0.0635. The third-order valence-electron chi connectivity index (χ3n) is 3.47. The molecular formula is C14H21NO2. The molecule has 1 fully saturated rings. The van der Waals surface area contributed by atoms with Crippen LogP contribution in [0.15, 0.2) is 24.3 Å². The molecule has 0 radical (unpaired) electrons. The molecule has 94 valence electrons. The van der Waals surface area contributed by atoms with Crippen LogP contribution in [0.25, 0.3) is 0 Å². The van der Waals surface area contributed by atoms with E-state index < -0.39 is 0 Å². The zero-order valence-electron chi connectivity index (χ0n) is 10.8. The van der Waals surface area contributed by atoms with Crippen LogP contribution < -0.4 is 10.1 Å². The third kappa shape index (κ3) is 2.79. The molecule has 2 rings (SSSR count). The van der Waals surface area contributed by atoms with Gasteiger partial charge < -0.3 is 14.8 Å². The van der Waals surface area contributed by atoms with Gasteiger partial charge in [0, 0.05) is 13.1 Å². The molecule has 2 atom stereocenters. The van der Waals surface area contributed by atoms with Crippen LogP contribution in [0.4, 0.5) is 0 Å². The van der Waals surface area contributed by atoms with Crippen LogP contribution in [-0.2, 0) is 4.74 Å². The summed E-state index contributed by atoms with van der Waals surface area (Å²) in [5, 5.41) is 3.45. The number of hydrogen-bond donors (Lipinski definition) is 1. The standard InChI is InChI=1S/C14H21NO2/c1-4-14(2)10-15-9-13(17-14)11-6-5-7-12(8-11)16-3/h5-8,13,15H,4,9-10H2,1-3H3. The Bertz CT molecular complexity index is 380. The first-order chi connectivity index (χ1) is 8.17. The van der Waals surface area contributed by atoms with Gasteiger partial charge in [0.2, 0.25) is 0 Å². The molecule has 0 aliphatic carbocycles. The van der Waals surface area contributed by atoms with E-state index in [0.29, 0.717) is 0 Å². The predicted octanol–water partition coefficient (Wildman–Crippen LogP) is 2.52. The molecule has 2 unspecified atom stereocenters. The van der Waals surface area contributed by atoms with E-state index in [1.54, 1.807) is 7.11 Å². The summed E-state index contributed by atoms with van der Waals surface area (Å²) in [6.07, 6.45) is 1.13. The molecule has 3 heteroatoms. The molecule has 3 nitrogen and oxygen atoms in total. The van der Waals surface area contributed by atoms with Crippen LogP contribution in [0.1, 0.15) is 31.9 Å². The molecule has 0 bridgehead atoms. The summed E-state index contributed by atoms with van der Waals surface area (Å²) >= 11 is 0. The van der Waals surface area contributed by atoms with Gasteiger partial charge in [-0.15, -0.1) is 0 Å². The highest BCUT2D eigenvalue weighted by Gasteiger charge is 2.31. The summed E-state index contributed by atoms with van der Waals surface area (Å²) in [7, 11) is 1.69. The van der Waals surface area contributed by atoms with Crippen molar-refractivity contribution in [1.29, 1.82) is 0 Å². The maximum absolute atomic E-state index is 6.19. The molecular weight excluding hydrogens is 214 g/mol. The highest BCUT2D eigenvalue weighted by Crippen LogP contribution is 2.30. The Balaban J connectivity index is 2.16. The van der Waals surface area contributed by atoms with Crippen LogP contribution in [0.5, 0.6) is 5.75 Å². The second-order valence-corrected chi connectivity index (χ2v) is 4.82. The van der Waals surface area contributed by atoms with Crippen molar-refractivity contribution in [3.05, 3.63) is 29.8 Å². The molecule has 1 saturated heterocycles. The maximum atomic E-state index is 6.19. The normalized spacial score (nSPS) is 29.0. The van der Waals surface area contributed by atoms with E-state index in [4.69, 9.17) is 9.47 Å². The highest BCUT2D eigenvalue weighted by atomic mass is 16.5. The van der Waals surface area contributed by atoms with Gasteiger partial charge in [-0.2, -0.15) is 0 Å². The molecule has 17 heavy (non-hydrogen) atoms. The van der Waals surface area contributed by atoms with E-state index in [2.05, 4.69) is 25.2 Å². The Morgan fingerprint density at radius 1 is 1.53 bits per heavy atom. The van der Waals surface area contributed by atoms with Gasteiger partial charge in [-0.25, -0.2) is 0 Å². The van der Waals surface area contributed by atoms with Crippen molar-refractivity contribution in [3.8, 4) is 5.75 Å². The minimum Gasteiger partial charge on any atom is -0.497 e. The third-order valence-corrected chi connectivity index (χ3v) is 3.47. The summed E-state index contributed by atoms with van der Waals surface area (Å²) in [6.45, 7) is 6.11. The van der Waals surface area contributed by atoms with Crippen molar-refractivity contribution in [2.45, 2.75) is 32.0 Å². The van der Waals surface area contributed by atoms with Gasteiger partial charge in [-0.05, 0) is 31.0 Å². The molecule has 0 amide bonds. The van der Waals surface area contributed by atoms with Crippen LogP contribution in [-0.4, -0.2) is 25.8 Å². The molecule has 1 aromatic carbocycles. The van der Waals surface area contributed by atoms with Crippen LogP contribution in [0.2, 0.25) is 0 Å². The lowest BCUT2D eigenvalue weighted by Gasteiger charge is -2.39. The molecule has 1 heterocycles. The molecule has 1 aliphatic rings. The largest absolute Gasteiger partial charge is 0.497 e. The summed E-state index contributed by atoms with van der Waals surface area (Å²) in [6, 6.07) is 8.11. The topological polar surface area (TPSA) is 30.5 Å². The van der Waals surface area contributed by atoms with Crippen molar-refractivity contribution >= 4 is 0 Å². The molecule has 0 spiro atoms. The summed E-state index contributed by atoms with van der Waals surface area (Å²) in [4.78, 5) is 0. The van der Waals surface area contributed by atoms with Crippen molar-refractivity contribution in [2.24, 2.45) is 0 Å². The van der Waals surface area contributed by atoms with E-state index in [0.717, 1.165) is 25.3 Å². The number of hydrogen-bond acceptors (Lipinski definition) is 3. The number of benzene rings is 1. The van der Waals surface area contributed by atoms with Gasteiger partial charge in [0.25, 0.3) is 0 Å². The molecule has 0 saturated carbocycles. The Morgan fingerprint density at radius 2 is 2.35 bits per heavy atom. The lowest BCUT2D eigenvalue weighted by Crippen LogP contribution is -2.48. The average molecular weight is 235 g/mol. The number of morpholine rings is 1. The first-order valence-electron chi connectivity index (χ1n) is 6.19.